The average Bonchev–Trinajstić information content (AvgIpc) is 2.77. The van der Waals surface area contributed by atoms with Gasteiger partial charge in [-0.2, -0.15) is 0 Å². The predicted molar refractivity (Wildman–Crippen MR) is 67.9 cm³/mol. The summed E-state index contributed by atoms with van der Waals surface area (Å²) in [5.41, 5.74) is 1.16. The van der Waals surface area contributed by atoms with Gasteiger partial charge in [-0.3, -0.25) is 4.79 Å². The summed E-state index contributed by atoms with van der Waals surface area (Å²) >= 11 is 0. The first-order chi connectivity index (χ1) is 8.11. The smallest absolute Gasteiger partial charge is 0.219 e. The molecule has 2 rings (SSSR count). The Morgan fingerprint density at radius 2 is 2.29 bits per heavy atom. The van der Waals surface area contributed by atoms with Crippen molar-refractivity contribution in [1.29, 1.82) is 0 Å². The van der Waals surface area contributed by atoms with Gasteiger partial charge < -0.3 is 9.80 Å². The SMILES string of the molecule is CC(=O)N1CCC[C@@H]1c1cccnc1N(C)C. The van der Waals surface area contributed by atoms with E-state index in [0.717, 1.165) is 30.8 Å². The predicted octanol–water partition coefficient (Wildman–Crippen LogP) is 1.83. The van der Waals surface area contributed by atoms with E-state index in [1.165, 1.54) is 0 Å². The summed E-state index contributed by atoms with van der Waals surface area (Å²) in [6, 6.07) is 4.21. The van der Waals surface area contributed by atoms with Gasteiger partial charge in [0.1, 0.15) is 5.82 Å². The lowest BCUT2D eigenvalue weighted by molar-refractivity contribution is -0.129. The van der Waals surface area contributed by atoms with Gasteiger partial charge in [0.15, 0.2) is 0 Å². The first-order valence-corrected chi connectivity index (χ1v) is 6.00. The number of rotatable bonds is 2. The molecule has 17 heavy (non-hydrogen) atoms. The van der Waals surface area contributed by atoms with Gasteiger partial charge in [0.05, 0.1) is 6.04 Å². The zero-order chi connectivity index (χ0) is 12.4. The molecule has 0 unspecified atom stereocenters. The van der Waals surface area contributed by atoms with Gasteiger partial charge in [-0.25, -0.2) is 4.98 Å². The van der Waals surface area contributed by atoms with Crippen LogP contribution in [-0.2, 0) is 4.79 Å². The molecule has 0 spiro atoms. The summed E-state index contributed by atoms with van der Waals surface area (Å²) in [6.07, 6.45) is 3.91. The number of anilines is 1. The topological polar surface area (TPSA) is 36.4 Å². The molecule has 92 valence electrons. The third-order valence-electron chi connectivity index (χ3n) is 3.26. The maximum absolute atomic E-state index is 11.6. The maximum atomic E-state index is 11.6. The van der Waals surface area contributed by atoms with Crippen LogP contribution in [0.2, 0.25) is 0 Å². The quantitative estimate of drug-likeness (QED) is 0.782. The second kappa shape index (κ2) is 4.73. The van der Waals surface area contributed by atoms with Crippen molar-refractivity contribution in [1.82, 2.24) is 9.88 Å². The summed E-state index contributed by atoms with van der Waals surface area (Å²) < 4.78 is 0. The van der Waals surface area contributed by atoms with E-state index in [2.05, 4.69) is 11.1 Å². The van der Waals surface area contributed by atoms with Crippen LogP contribution >= 0.6 is 0 Å². The van der Waals surface area contributed by atoms with E-state index in [4.69, 9.17) is 0 Å². The Bertz CT molecular complexity index is 417. The molecule has 1 aromatic heterocycles. The lowest BCUT2D eigenvalue weighted by Gasteiger charge is -2.26. The second-order valence-corrected chi connectivity index (χ2v) is 4.68. The van der Waals surface area contributed by atoms with Crippen molar-refractivity contribution >= 4 is 11.7 Å². The molecular weight excluding hydrogens is 214 g/mol. The minimum absolute atomic E-state index is 0.154. The Kier molecular flexibility index (Phi) is 3.31. The zero-order valence-corrected chi connectivity index (χ0v) is 10.7. The number of nitrogens with zero attached hydrogens (tertiary/aromatic N) is 3. The number of pyridine rings is 1. The van der Waals surface area contributed by atoms with E-state index in [-0.39, 0.29) is 11.9 Å². The zero-order valence-electron chi connectivity index (χ0n) is 10.7. The van der Waals surface area contributed by atoms with E-state index in [1.54, 1.807) is 13.1 Å². The first-order valence-electron chi connectivity index (χ1n) is 6.00. The third-order valence-corrected chi connectivity index (χ3v) is 3.26. The Morgan fingerprint density at radius 1 is 1.53 bits per heavy atom. The second-order valence-electron chi connectivity index (χ2n) is 4.68. The van der Waals surface area contributed by atoms with E-state index < -0.39 is 0 Å². The highest BCUT2D eigenvalue weighted by Gasteiger charge is 2.30. The summed E-state index contributed by atoms with van der Waals surface area (Å²) in [6.45, 7) is 2.51. The molecule has 2 heterocycles. The van der Waals surface area contributed by atoms with Gasteiger partial charge >= 0.3 is 0 Å². The molecule has 0 N–H and O–H groups in total. The van der Waals surface area contributed by atoms with Crippen LogP contribution in [0.3, 0.4) is 0 Å². The number of hydrogen-bond acceptors (Lipinski definition) is 3. The van der Waals surface area contributed by atoms with Crippen molar-refractivity contribution in [2.45, 2.75) is 25.8 Å². The molecule has 1 saturated heterocycles. The highest BCUT2D eigenvalue weighted by molar-refractivity contribution is 5.74. The van der Waals surface area contributed by atoms with Crippen molar-refractivity contribution in [2.24, 2.45) is 0 Å². The average molecular weight is 233 g/mol. The molecule has 1 amide bonds. The van der Waals surface area contributed by atoms with Gasteiger partial charge in [-0.15, -0.1) is 0 Å². The Morgan fingerprint density at radius 3 is 2.94 bits per heavy atom. The number of likely N-dealkylation sites (tertiary alicyclic amines) is 1. The van der Waals surface area contributed by atoms with Crippen LogP contribution in [-0.4, -0.2) is 36.4 Å². The fourth-order valence-corrected chi connectivity index (χ4v) is 2.51. The molecule has 1 aliphatic rings. The number of carbonyl (C=O) groups excluding carboxylic acids is 1. The number of amides is 1. The van der Waals surface area contributed by atoms with Crippen LogP contribution in [0.4, 0.5) is 5.82 Å². The lowest BCUT2D eigenvalue weighted by atomic mass is 10.1. The summed E-state index contributed by atoms with van der Waals surface area (Å²) in [4.78, 5) is 20.0. The molecule has 1 fully saturated rings. The van der Waals surface area contributed by atoms with E-state index in [9.17, 15) is 4.79 Å². The van der Waals surface area contributed by atoms with Gasteiger partial charge in [0, 0.05) is 39.3 Å². The van der Waals surface area contributed by atoms with Crippen molar-refractivity contribution < 1.29 is 4.79 Å². The first kappa shape index (κ1) is 11.9. The molecular formula is C13H19N3O. The molecule has 0 saturated carbocycles. The Labute approximate surface area is 102 Å². The fraction of sp³-hybridized carbons (Fsp3) is 0.538. The van der Waals surface area contributed by atoms with Crippen LogP contribution in [0.25, 0.3) is 0 Å². The van der Waals surface area contributed by atoms with Crippen LogP contribution in [0.1, 0.15) is 31.4 Å². The van der Waals surface area contributed by atoms with Gasteiger partial charge in [0.25, 0.3) is 0 Å². The minimum atomic E-state index is 0.154. The molecule has 0 aromatic carbocycles. The van der Waals surface area contributed by atoms with E-state index >= 15 is 0 Å². The largest absolute Gasteiger partial charge is 0.362 e. The molecule has 1 aromatic rings. The number of hydrogen-bond donors (Lipinski definition) is 0. The van der Waals surface area contributed by atoms with Crippen molar-refractivity contribution in [3.05, 3.63) is 23.9 Å². The normalized spacial score (nSPS) is 19.5. The standard InChI is InChI=1S/C13H19N3O/c1-10(17)16-9-5-7-12(16)11-6-4-8-14-13(11)15(2)3/h4,6,8,12H,5,7,9H2,1-3H3/t12-/m1/s1. The highest BCUT2D eigenvalue weighted by atomic mass is 16.2. The molecule has 0 aliphatic carbocycles. The summed E-state index contributed by atoms with van der Waals surface area (Å²) in [7, 11) is 3.97. The molecule has 1 aliphatic heterocycles. The van der Waals surface area contributed by atoms with E-state index in [1.807, 2.05) is 30.0 Å². The molecule has 0 bridgehead atoms. The third kappa shape index (κ3) is 2.25. The van der Waals surface area contributed by atoms with Crippen molar-refractivity contribution in [3.63, 3.8) is 0 Å². The van der Waals surface area contributed by atoms with E-state index in [0.29, 0.717) is 0 Å². The van der Waals surface area contributed by atoms with Crippen LogP contribution in [0, 0.1) is 0 Å². The summed E-state index contributed by atoms with van der Waals surface area (Å²) in [5.74, 6) is 1.12. The summed E-state index contributed by atoms with van der Waals surface area (Å²) in [5, 5.41) is 0. The van der Waals surface area contributed by atoms with Crippen molar-refractivity contribution in [3.8, 4) is 0 Å². The van der Waals surface area contributed by atoms with Gasteiger partial charge in [-0.1, -0.05) is 6.07 Å². The fourth-order valence-electron chi connectivity index (χ4n) is 2.51. The monoisotopic (exact) mass is 233 g/mol. The maximum Gasteiger partial charge on any atom is 0.219 e. The molecule has 1 atom stereocenters. The van der Waals surface area contributed by atoms with Gasteiger partial charge in [0.2, 0.25) is 5.91 Å². The number of carbonyl (C=O) groups is 1. The minimum Gasteiger partial charge on any atom is -0.362 e. The Balaban J connectivity index is 2.36. The Hall–Kier alpha value is -1.58. The van der Waals surface area contributed by atoms with Gasteiger partial charge in [-0.05, 0) is 18.9 Å². The van der Waals surface area contributed by atoms with Crippen LogP contribution in [0.15, 0.2) is 18.3 Å². The highest BCUT2D eigenvalue weighted by Crippen LogP contribution is 2.35. The van der Waals surface area contributed by atoms with Crippen LogP contribution in [0.5, 0.6) is 0 Å². The molecule has 0 radical (unpaired) electrons. The number of aromatic nitrogens is 1. The van der Waals surface area contributed by atoms with Crippen molar-refractivity contribution in [2.75, 3.05) is 25.5 Å². The molecule has 4 heteroatoms. The van der Waals surface area contributed by atoms with Crippen LogP contribution < -0.4 is 4.90 Å². The molecule has 4 nitrogen and oxygen atoms in total. The lowest BCUT2D eigenvalue weighted by Crippen LogP contribution is -2.29.